The number of benzene rings is 2. The Morgan fingerprint density at radius 1 is 0.964 bits per heavy atom. The Morgan fingerprint density at radius 2 is 1.57 bits per heavy atom. The van der Waals surface area contributed by atoms with Gasteiger partial charge in [0.15, 0.2) is 23.1 Å². The van der Waals surface area contributed by atoms with E-state index in [0.29, 0.717) is 32.8 Å². The summed E-state index contributed by atoms with van der Waals surface area (Å²) in [5, 5.41) is 0. The Hall–Kier alpha value is -2.58. The van der Waals surface area contributed by atoms with Gasteiger partial charge in [0.1, 0.15) is 0 Å². The highest BCUT2D eigenvalue weighted by Crippen LogP contribution is 2.37. The van der Waals surface area contributed by atoms with Gasteiger partial charge in [-0.25, -0.2) is 8.78 Å². The second-order valence-corrected chi connectivity index (χ2v) is 6.07. The zero-order valence-electron chi connectivity index (χ0n) is 15.2. The van der Waals surface area contributed by atoms with Crippen molar-refractivity contribution in [3.63, 3.8) is 0 Å². The molecule has 0 spiro atoms. The molecule has 1 heterocycles. The van der Waals surface area contributed by atoms with Gasteiger partial charge in [0.2, 0.25) is 17.4 Å². The molecule has 8 heteroatoms. The number of para-hydroxylation sites is 2. The van der Waals surface area contributed by atoms with E-state index in [1.807, 2.05) is 4.90 Å². The number of morpholine rings is 1. The van der Waals surface area contributed by atoms with E-state index in [-0.39, 0.29) is 11.5 Å². The summed E-state index contributed by atoms with van der Waals surface area (Å²) in [5.41, 5.74) is -0.796. The first-order valence-electron chi connectivity index (χ1n) is 8.66. The number of hydrogen-bond donors (Lipinski definition) is 0. The smallest absolute Gasteiger partial charge is 0.205 e. The molecule has 28 heavy (non-hydrogen) atoms. The van der Waals surface area contributed by atoms with Gasteiger partial charge < -0.3 is 14.2 Å². The molecule has 0 aliphatic carbocycles. The average molecular weight is 397 g/mol. The molecular weight excluding hydrogens is 378 g/mol. The van der Waals surface area contributed by atoms with Crippen molar-refractivity contribution in [2.75, 3.05) is 40.0 Å². The Labute approximate surface area is 159 Å². The highest BCUT2D eigenvalue weighted by molar-refractivity contribution is 5.55. The standard InChI is InChI=1S/C20H19F4NO3/c1-26-14-6-2-3-7-15(14)28-20-18(23)16(21)13(17(22)19(20)24)5-4-8-25-9-11-27-12-10-25/h2-7H,8-12H2,1H3/b5-4+. The lowest BCUT2D eigenvalue weighted by Gasteiger charge is -2.25. The maximum Gasteiger partial charge on any atom is 0.205 e. The van der Waals surface area contributed by atoms with Crippen molar-refractivity contribution in [2.24, 2.45) is 0 Å². The topological polar surface area (TPSA) is 30.9 Å². The molecule has 0 N–H and O–H groups in total. The predicted molar refractivity (Wildman–Crippen MR) is 95.6 cm³/mol. The quantitative estimate of drug-likeness (QED) is 0.535. The fraction of sp³-hybridized carbons (Fsp3) is 0.300. The number of hydrogen-bond acceptors (Lipinski definition) is 4. The molecular formula is C20H19F4NO3. The Balaban J connectivity index is 1.86. The Morgan fingerprint density at radius 3 is 2.18 bits per heavy atom. The van der Waals surface area contributed by atoms with Crippen molar-refractivity contribution in [2.45, 2.75) is 0 Å². The molecule has 1 aliphatic rings. The zero-order chi connectivity index (χ0) is 20.1. The largest absolute Gasteiger partial charge is 0.493 e. The predicted octanol–water partition coefficient (Wildman–Crippen LogP) is 4.39. The van der Waals surface area contributed by atoms with E-state index < -0.39 is 34.6 Å². The first kappa shape index (κ1) is 20.2. The monoisotopic (exact) mass is 397 g/mol. The number of nitrogens with zero attached hydrogens (tertiary/aromatic N) is 1. The summed E-state index contributed by atoms with van der Waals surface area (Å²) in [5.74, 6) is -7.35. The molecule has 2 aromatic carbocycles. The van der Waals surface area contributed by atoms with Crippen LogP contribution in [-0.2, 0) is 4.74 Å². The van der Waals surface area contributed by atoms with Crippen LogP contribution >= 0.6 is 0 Å². The molecule has 2 aromatic rings. The van der Waals surface area contributed by atoms with Crippen LogP contribution in [0.1, 0.15) is 5.56 Å². The van der Waals surface area contributed by atoms with E-state index in [0.717, 1.165) is 6.08 Å². The van der Waals surface area contributed by atoms with Gasteiger partial charge in [-0.1, -0.05) is 24.3 Å². The van der Waals surface area contributed by atoms with Gasteiger partial charge in [-0.05, 0) is 12.1 Å². The van der Waals surface area contributed by atoms with Crippen molar-refractivity contribution in [1.82, 2.24) is 4.90 Å². The molecule has 1 saturated heterocycles. The first-order chi connectivity index (χ1) is 13.5. The van der Waals surface area contributed by atoms with Crippen LogP contribution in [-0.4, -0.2) is 44.9 Å². The molecule has 1 aliphatic heterocycles. The fourth-order valence-corrected chi connectivity index (χ4v) is 2.78. The minimum atomic E-state index is -1.61. The second kappa shape index (κ2) is 9.07. The second-order valence-electron chi connectivity index (χ2n) is 6.07. The number of rotatable bonds is 6. The van der Waals surface area contributed by atoms with Crippen molar-refractivity contribution >= 4 is 6.08 Å². The first-order valence-corrected chi connectivity index (χ1v) is 8.66. The molecule has 0 atom stereocenters. The minimum Gasteiger partial charge on any atom is -0.493 e. The van der Waals surface area contributed by atoms with E-state index in [9.17, 15) is 17.6 Å². The minimum absolute atomic E-state index is 0.0720. The van der Waals surface area contributed by atoms with E-state index in [2.05, 4.69) is 0 Å². The SMILES string of the molecule is COc1ccccc1Oc1c(F)c(F)c(/C=C/CN2CCOCC2)c(F)c1F. The highest BCUT2D eigenvalue weighted by Gasteiger charge is 2.26. The molecule has 0 saturated carbocycles. The van der Waals surface area contributed by atoms with Gasteiger partial charge in [0, 0.05) is 19.6 Å². The third-order valence-corrected chi connectivity index (χ3v) is 4.29. The molecule has 0 unspecified atom stereocenters. The lowest BCUT2D eigenvalue weighted by Crippen LogP contribution is -2.36. The van der Waals surface area contributed by atoms with Crippen molar-refractivity contribution in [1.29, 1.82) is 0 Å². The van der Waals surface area contributed by atoms with Crippen molar-refractivity contribution in [3.8, 4) is 17.2 Å². The third-order valence-electron chi connectivity index (χ3n) is 4.29. The third kappa shape index (κ3) is 4.28. The summed E-state index contributed by atoms with van der Waals surface area (Å²) in [4.78, 5) is 1.99. The van der Waals surface area contributed by atoms with E-state index in [1.165, 1.54) is 31.4 Å². The van der Waals surface area contributed by atoms with Gasteiger partial charge >= 0.3 is 0 Å². The number of halogens is 4. The van der Waals surface area contributed by atoms with E-state index in [1.54, 1.807) is 6.07 Å². The maximum atomic E-state index is 14.4. The summed E-state index contributed by atoms with van der Waals surface area (Å²) in [6, 6.07) is 6.00. The van der Waals surface area contributed by atoms with Crippen LogP contribution in [0.25, 0.3) is 6.08 Å². The molecule has 150 valence electrons. The van der Waals surface area contributed by atoms with Crippen LogP contribution in [0.2, 0.25) is 0 Å². The van der Waals surface area contributed by atoms with Crippen LogP contribution in [0.4, 0.5) is 17.6 Å². The lowest BCUT2D eigenvalue weighted by atomic mass is 10.1. The molecule has 0 aromatic heterocycles. The van der Waals surface area contributed by atoms with Crippen molar-refractivity contribution in [3.05, 3.63) is 59.2 Å². The van der Waals surface area contributed by atoms with Crippen LogP contribution < -0.4 is 9.47 Å². The average Bonchev–Trinajstić information content (AvgIpc) is 2.73. The van der Waals surface area contributed by atoms with Crippen LogP contribution in [0.15, 0.2) is 30.3 Å². The Bertz CT molecular complexity index is 838. The van der Waals surface area contributed by atoms with Gasteiger partial charge in [0.05, 0.1) is 25.9 Å². The van der Waals surface area contributed by atoms with E-state index in [4.69, 9.17) is 14.2 Å². The normalized spacial score (nSPS) is 15.2. The highest BCUT2D eigenvalue weighted by atomic mass is 19.2. The molecule has 0 bridgehead atoms. The van der Waals surface area contributed by atoms with Gasteiger partial charge in [0.25, 0.3) is 0 Å². The summed E-state index contributed by atoms with van der Waals surface area (Å²) in [6.45, 7) is 2.85. The zero-order valence-corrected chi connectivity index (χ0v) is 15.2. The van der Waals surface area contributed by atoms with Gasteiger partial charge in [-0.15, -0.1) is 0 Å². The molecule has 1 fully saturated rings. The summed E-state index contributed by atoms with van der Waals surface area (Å²) in [7, 11) is 1.33. The molecule has 0 radical (unpaired) electrons. The Kier molecular flexibility index (Phi) is 6.53. The molecule has 3 rings (SSSR count). The summed E-state index contributed by atoms with van der Waals surface area (Å²) >= 11 is 0. The molecule has 0 amide bonds. The fourth-order valence-electron chi connectivity index (χ4n) is 2.78. The lowest BCUT2D eigenvalue weighted by molar-refractivity contribution is 0.0435. The number of ether oxygens (including phenoxy) is 3. The van der Waals surface area contributed by atoms with Crippen LogP contribution in [0.3, 0.4) is 0 Å². The summed E-state index contributed by atoms with van der Waals surface area (Å²) in [6.07, 6.45) is 2.48. The maximum absolute atomic E-state index is 14.4. The van der Waals surface area contributed by atoms with E-state index >= 15 is 0 Å². The van der Waals surface area contributed by atoms with Crippen LogP contribution in [0.5, 0.6) is 17.2 Å². The summed E-state index contributed by atoms with van der Waals surface area (Å²) < 4.78 is 72.8. The number of methoxy groups -OCH3 is 1. The van der Waals surface area contributed by atoms with Gasteiger partial charge in [-0.2, -0.15) is 8.78 Å². The van der Waals surface area contributed by atoms with Crippen molar-refractivity contribution < 1.29 is 31.8 Å². The van der Waals surface area contributed by atoms with Gasteiger partial charge in [-0.3, -0.25) is 4.90 Å². The van der Waals surface area contributed by atoms with Crippen LogP contribution in [0, 0.1) is 23.3 Å². The molecule has 4 nitrogen and oxygen atoms in total.